The second kappa shape index (κ2) is 7.37. The third-order valence-corrected chi connectivity index (χ3v) is 4.57. The number of benzene rings is 2. The average molecular weight is 326 g/mol. The van der Waals surface area contributed by atoms with Crippen LogP contribution in [0.2, 0.25) is 0 Å². The van der Waals surface area contributed by atoms with Gasteiger partial charge in [-0.3, -0.25) is 0 Å². The molecule has 128 valence electrons. The lowest BCUT2D eigenvalue weighted by molar-refractivity contribution is -0.105. The first-order valence-electron chi connectivity index (χ1n) is 8.72. The first-order chi connectivity index (χ1) is 11.5. The number of aryl methyl sites for hydroxylation is 2. The Hall–Kier alpha value is -1.84. The molecule has 0 radical (unpaired) electrons. The van der Waals surface area contributed by atoms with Crippen molar-refractivity contribution >= 4 is 0 Å². The van der Waals surface area contributed by atoms with Crippen LogP contribution in [0.15, 0.2) is 36.4 Å². The second-order valence-corrected chi connectivity index (χ2v) is 6.65. The Morgan fingerprint density at radius 2 is 1.88 bits per heavy atom. The van der Waals surface area contributed by atoms with Crippen LogP contribution in [-0.2, 0) is 4.74 Å². The Bertz CT molecular complexity index is 677. The number of aliphatic hydroxyl groups is 1. The average Bonchev–Trinajstić information content (AvgIpc) is 2.55. The highest BCUT2D eigenvalue weighted by Crippen LogP contribution is 2.33. The van der Waals surface area contributed by atoms with E-state index in [1.165, 1.54) is 16.7 Å². The highest BCUT2D eigenvalue weighted by Gasteiger charge is 2.17. The largest absolute Gasteiger partial charge is 0.465 e. The third kappa shape index (κ3) is 3.80. The van der Waals surface area contributed by atoms with E-state index in [4.69, 9.17) is 9.47 Å². The van der Waals surface area contributed by atoms with Crippen molar-refractivity contribution < 1.29 is 14.6 Å². The lowest BCUT2D eigenvalue weighted by Crippen LogP contribution is -2.25. The molecule has 1 fully saturated rings. The smallest absolute Gasteiger partial charge is 0.199 e. The highest BCUT2D eigenvalue weighted by atomic mass is 16.7. The minimum absolute atomic E-state index is 0.123. The molecule has 0 saturated carbocycles. The summed E-state index contributed by atoms with van der Waals surface area (Å²) in [6.07, 6.45) is 2.65. The van der Waals surface area contributed by atoms with Crippen LogP contribution in [0.4, 0.5) is 0 Å². The van der Waals surface area contributed by atoms with Gasteiger partial charge in [0.05, 0.1) is 12.7 Å². The minimum atomic E-state index is -0.461. The van der Waals surface area contributed by atoms with Crippen molar-refractivity contribution in [2.24, 2.45) is 0 Å². The van der Waals surface area contributed by atoms with E-state index in [1.807, 2.05) is 12.1 Å². The molecule has 0 aromatic heterocycles. The van der Waals surface area contributed by atoms with Crippen LogP contribution >= 0.6 is 0 Å². The van der Waals surface area contributed by atoms with Gasteiger partial charge in [-0.15, -0.1) is 0 Å². The molecular weight excluding hydrogens is 300 g/mol. The van der Waals surface area contributed by atoms with Crippen molar-refractivity contribution in [3.63, 3.8) is 0 Å². The van der Waals surface area contributed by atoms with E-state index in [0.717, 1.165) is 42.7 Å². The van der Waals surface area contributed by atoms with Gasteiger partial charge < -0.3 is 14.6 Å². The van der Waals surface area contributed by atoms with Crippen LogP contribution < -0.4 is 4.74 Å². The first-order valence-corrected chi connectivity index (χ1v) is 8.72. The standard InChI is InChI=1S/C21H26O3/c1-14-11-19(24-20-9-4-5-10-23-20)12-15(2)21(14)18-8-6-7-17(13-18)16(3)22/h6-8,11-13,16,20,22H,4-5,9-10H2,1-3H3. The summed E-state index contributed by atoms with van der Waals surface area (Å²) < 4.78 is 11.7. The number of ether oxygens (including phenoxy) is 2. The van der Waals surface area contributed by atoms with Crippen molar-refractivity contribution in [3.05, 3.63) is 53.1 Å². The predicted molar refractivity (Wildman–Crippen MR) is 96.2 cm³/mol. The fourth-order valence-electron chi connectivity index (χ4n) is 3.36. The molecule has 0 aliphatic carbocycles. The molecule has 0 spiro atoms. The van der Waals surface area contributed by atoms with Gasteiger partial charge in [0.25, 0.3) is 0 Å². The number of hydrogen-bond donors (Lipinski definition) is 1. The van der Waals surface area contributed by atoms with Gasteiger partial charge in [0.2, 0.25) is 0 Å². The minimum Gasteiger partial charge on any atom is -0.465 e. The molecule has 3 rings (SSSR count). The van der Waals surface area contributed by atoms with Crippen molar-refractivity contribution in [3.8, 4) is 16.9 Å². The molecule has 1 saturated heterocycles. The Labute approximate surface area is 144 Å². The molecule has 3 heteroatoms. The first kappa shape index (κ1) is 17.0. The van der Waals surface area contributed by atoms with E-state index in [1.54, 1.807) is 6.92 Å². The molecule has 2 unspecified atom stereocenters. The van der Waals surface area contributed by atoms with Gasteiger partial charge in [-0.05, 0) is 79.6 Å². The van der Waals surface area contributed by atoms with Crippen molar-refractivity contribution in [2.75, 3.05) is 6.61 Å². The molecule has 3 nitrogen and oxygen atoms in total. The number of aliphatic hydroxyl groups excluding tert-OH is 1. The number of rotatable bonds is 4. The zero-order valence-electron chi connectivity index (χ0n) is 14.7. The second-order valence-electron chi connectivity index (χ2n) is 6.65. The van der Waals surface area contributed by atoms with Gasteiger partial charge in [0.15, 0.2) is 6.29 Å². The molecule has 1 N–H and O–H groups in total. The van der Waals surface area contributed by atoms with Gasteiger partial charge in [0.1, 0.15) is 5.75 Å². The summed E-state index contributed by atoms with van der Waals surface area (Å²) in [6.45, 7) is 6.78. The van der Waals surface area contributed by atoms with E-state index in [-0.39, 0.29) is 6.29 Å². The summed E-state index contributed by atoms with van der Waals surface area (Å²) in [4.78, 5) is 0. The van der Waals surface area contributed by atoms with Gasteiger partial charge in [-0.25, -0.2) is 0 Å². The van der Waals surface area contributed by atoms with Crippen LogP contribution in [0.3, 0.4) is 0 Å². The normalized spacial score (nSPS) is 19.1. The summed E-state index contributed by atoms with van der Waals surface area (Å²) >= 11 is 0. The summed E-state index contributed by atoms with van der Waals surface area (Å²) in [7, 11) is 0. The van der Waals surface area contributed by atoms with E-state index < -0.39 is 6.10 Å². The predicted octanol–water partition coefficient (Wildman–Crippen LogP) is 4.93. The SMILES string of the molecule is Cc1cc(OC2CCCCO2)cc(C)c1-c1cccc(C(C)O)c1. The van der Waals surface area contributed by atoms with E-state index >= 15 is 0 Å². The molecule has 1 aliphatic rings. The maximum absolute atomic E-state index is 9.83. The Morgan fingerprint density at radius 3 is 2.50 bits per heavy atom. The lowest BCUT2D eigenvalue weighted by atomic mass is 9.93. The van der Waals surface area contributed by atoms with Crippen molar-refractivity contribution in [2.45, 2.75) is 52.4 Å². The molecular formula is C21H26O3. The third-order valence-electron chi connectivity index (χ3n) is 4.57. The Morgan fingerprint density at radius 1 is 1.12 bits per heavy atom. The maximum atomic E-state index is 9.83. The molecule has 1 heterocycles. The summed E-state index contributed by atoms with van der Waals surface area (Å²) in [5, 5.41) is 9.83. The molecule has 2 aromatic carbocycles. The number of hydrogen-bond acceptors (Lipinski definition) is 3. The molecule has 0 bridgehead atoms. The maximum Gasteiger partial charge on any atom is 0.199 e. The van der Waals surface area contributed by atoms with Gasteiger partial charge >= 0.3 is 0 Å². The molecule has 2 atom stereocenters. The zero-order chi connectivity index (χ0) is 17.1. The monoisotopic (exact) mass is 326 g/mol. The summed E-state index contributed by atoms with van der Waals surface area (Å²) in [5.74, 6) is 0.868. The van der Waals surface area contributed by atoms with E-state index in [9.17, 15) is 5.11 Å². The van der Waals surface area contributed by atoms with Crippen LogP contribution in [0.1, 0.15) is 49.0 Å². The van der Waals surface area contributed by atoms with E-state index in [0.29, 0.717) is 0 Å². The quantitative estimate of drug-likeness (QED) is 0.866. The van der Waals surface area contributed by atoms with Crippen LogP contribution in [0.25, 0.3) is 11.1 Å². The molecule has 2 aromatic rings. The van der Waals surface area contributed by atoms with Crippen LogP contribution in [0.5, 0.6) is 5.75 Å². The molecule has 1 aliphatic heterocycles. The zero-order valence-corrected chi connectivity index (χ0v) is 14.7. The Balaban J connectivity index is 1.88. The van der Waals surface area contributed by atoms with Gasteiger partial charge in [0, 0.05) is 6.42 Å². The summed E-state index contributed by atoms with van der Waals surface area (Å²) in [5.41, 5.74) is 5.60. The van der Waals surface area contributed by atoms with Gasteiger partial charge in [-0.2, -0.15) is 0 Å². The lowest BCUT2D eigenvalue weighted by Gasteiger charge is -2.24. The topological polar surface area (TPSA) is 38.7 Å². The van der Waals surface area contributed by atoms with Crippen molar-refractivity contribution in [1.29, 1.82) is 0 Å². The van der Waals surface area contributed by atoms with Crippen LogP contribution in [0, 0.1) is 13.8 Å². The van der Waals surface area contributed by atoms with Gasteiger partial charge in [-0.1, -0.05) is 18.2 Å². The van der Waals surface area contributed by atoms with Crippen molar-refractivity contribution in [1.82, 2.24) is 0 Å². The summed E-state index contributed by atoms with van der Waals surface area (Å²) in [6, 6.07) is 12.3. The Kier molecular flexibility index (Phi) is 5.22. The fraction of sp³-hybridized carbons (Fsp3) is 0.429. The molecule has 24 heavy (non-hydrogen) atoms. The fourth-order valence-corrected chi connectivity index (χ4v) is 3.36. The highest BCUT2D eigenvalue weighted by molar-refractivity contribution is 5.72. The molecule has 0 amide bonds. The van der Waals surface area contributed by atoms with Crippen LogP contribution in [-0.4, -0.2) is 18.0 Å². The van der Waals surface area contributed by atoms with E-state index in [2.05, 4.69) is 38.1 Å².